The molecule has 3 unspecified atom stereocenters. The first-order chi connectivity index (χ1) is 12.8. The summed E-state index contributed by atoms with van der Waals surface area (Å²) in [6.45, 7) is 7.93. The van der Waals surface area contributed by atoms with Crippen LogP contribution < -0.4 is 14.8 Å². The first kappa shape index (κ1) is 19.3. The molecule has 2 heterocycles. The fourth-order valence-corrected chi connectivity index (χ4v) is 3.81. The van der Waals surface area contributed by atoms with Gasteiger partial charge in [0.05, 0.1) is 12.0 Å². The van der Waals surface area contributed by atoms with Crippen molar-refractivity contribution in [2.45, 2.75) is 33.2 Å². The van der Waals surface area contributed by atoms with E-state index in [1.54, 1.807) is 4.90 Å². The number of aliphatic carboxylic acids is 1. The maximum atomic E-state index is 12.9. The van der Waals surface area contributed by atoms with Crippen molar-refractivity contribution in [3.05, 3.63) is 23.8 Å². The highest BCUT2D eigenvalue weighted by Gasteiger charge is 2.33. The number of hydrogen-bond acceptors (Lipinski definition) is 4. The van der Waals surface area contributed by atoms with Gasteiger partial charge in [0.2, 0.25) is 0 Å². The minimum absolute atomic E-state index is 0.161. The van der Waals surface area contributed by atoms with E-state index in [0.29, 0.717) is 37.7 Å². The highest BCUT2D eigenvalue weighted by molar-refractivity contribution is 5.77. The minimum atomic E-state index is -0.841. The zero-order chi connectivity index (χ0) is 19.6. The highest BCUT2D eigenvalue weighted by Crippen LogP contribution is 2.34. The summed E-state index contributed by atoms with van der Waals surface area (Å²) in [4.78, 5) is 25.9. The van der Waals surface area contributed by atoms with Crippen LogP contribution in [0.2, 0.25) is 0 Å². The van der Waals surface area contributed by atoms with Crippen molar-refractivity contribution < 1.29 is 24.2 Å². The lowest BCUT2D eigenvalue weighted by Crippen LogP contribution is -2.50. The van der Waals surface area contributed by atoms with Crippen LogP contribution in [0.1, 0.15) is 38.8 Å². The van der Waals surface area contributed by atoms with Gasteiger partial charge in [-0.2, -0.15) is 0 Å². The Kier molecular flexibility index (Phi) is 5.77. The second kappa shape index (κ2) is 8.06. The maximum Gasteiger partial charge on any atom is 0.317 e. The van der Waals surface area contributed by atoms with Crippen LogP contribution >= 0.6 is 0 Å². The Labute approximate surface area is 159 Å². The second-order valence-electron chi connectivity index (χ2n) is 7.86. The number of carbonyl (C=O) groups is 2. The first-order valence-corrected chi connectivity index (χ1v) is 9.53. The fourth-order valence-electron chi connectivity index (χ4n) is 3.81. The second-order valence-corrected chi connectivity index (χ2v) is 7.86. The Morgan fingerprint density at radius 1 is 1.19 bits per heavy atom. The molecule has 2 N–H and O–H groups in total. The third-order valence-electron chi connectivity index (χ3n) is 5.17. The van der Waals surface area contributed by atoms with Gasteiger partial charge >= 0.3 is 12.0 Å². The quantitative estimate of drug-likeness (QED) is 0.844. The van der Waals surface area contributed by atoms with E-state index in [-0.39, 0.29) is 30.5 Å². The van der Waals surface area contributed by atoms with Crippen molar-refractivity contribution >= 4 is 12.0 Å². The fraction of sp³-hybridized carbons (Fsp3) is 0.600. The summed E-state index contributed by atoms with van der Waals surface area (Å²) in [7, 11) is 0. The van der Waals surface area contributed by atoms with Crippen molar-refractivity contribution in [2.24, 2.45) is 17.8 Å². The van der Waals surface area contributed by atoms with Crippen molar-refractivity contribution in [3.8, 4) is 11.5 Å². The molecule has 0 aliphatic carbocycles. The van der Waals surface area contributed by atoms with Gasteiger partial charge in [0.25, 0.3) is 0 Å². The topological polar surface area (TPSA) is 88.1 Å². The van der Waals surface area contributed by atoms with Crippen LogP contribution in [0.15, 0.2) is 18.2 Å². The van der Waals surface area contributed by atoms with Crippen LogP contribution in [-0.4, -0.2) is 48.3 Å². The van der Waals surface area contributed by atoms with Gasteiger partial charge in [-0.05, 0) is 36.0 Å². The Hall–Kier alpha value is -2.44. The van der Waals surface area contributed by atoms with E-state index >= 15 is 0 Å². The molecule has 1 aromatic carbocycles. The number of urea groups is 1. The lowest BCUT2D eigenvalue weighted by atomic mass is 9.90. The predicted molar refractivity (Wildman–Crippen MR) is 100 cm³/mol. The number of carbonyl (C=O) groups excluding carboxylic acids is 1. The van der Waals surface area contributed by atoms with Crippen LogP contribution in [0.5, 0.6) is 11.5 Å². The largest absolute Gasteiger partial charge is 0.486 e. The average molecular weight is 376 g/mol. The van der Waals surface area contributed by atoms with Crippen LogP contribution in [0.4, 0.5) is 4.79 Å². The summed E-state index contributed by atoms with van der Waals surface area (Å²) in [5.74, 6) is 0.383. The minimum Gasteiger partial charge on any atom is -0.486 e. The van der Waals surface area contributed by atoms with E-state index in [1.807, 2.05) is 39.0 Å². The molecule has 3 rings (SSSR count). The number of nitrogens with zero attached hydrogens (tertiary/aromatic N) is 1. The summed E-state index contributed by atoms with van der Waals surface area (Å²) >= 11 is 0. The lowest BCUT2D eigenvalue weighted by molar-refractivity contribution is -0.143. The molecule has 1 saturated heterocycles. The van der Waals surface area contributed by atoms with Gasteiger partial charge in [-0.1, -0.05) is 26.8 Å². The normalized spacial score (nSPS) is 23.0. The monoisotopic (exact) mass is 376 g/mol. The molecule has 2 amide bonds. The average Bonchev–Trinajstić information content (AvgIpc) is 2.64. The number of likely N-dealkylation sites (tertiary alicyclic amines) is 1. The van der Waals surface area contributed by atoms with E-state index in [1.165, 1.54) is 0 Å². The number of fused-ring (bicyclic) bond motifs is 1. The van der Waals surface area contributed by atoms with E-state index in [4.69, 9.17) is 9.47 Å². The van der Waals surface area contributed by atoms with Gasteiger partial charge in [0.1, 0.15) is 13.2 Å². The Morgan fingerprint density at radius 3 is 2.56 bits per heavy atom. The van der Waals surface area contributed by atoms with Gasteiger partial charge in [-0.15, -0.1) is 0 Å². The van der Waals surface area contributed by atoms with Gasteiger partial charge in [0, 0.05) is 13.1 Å². The molecule has 0 saturated carbocycles. The number of amides is 2. The van der Waals surface area contributed by atoms with Crippen LogP contribution in [0.25, 0.3) is 0 Å². The molecule has 0 bridgehead atoms. The molecule has 3 atom stereocenters. The summed E-state index contributed by atoms with van der Waals surface area (Å²) in [5, 5.41) is 12.4. The van der Waals surface area contributed by atoms with Crippen LogP contribution in [0, 0.1) is 17.8 Å². The van der Waals surface area contributed by atoms with E-state index in [2.05, 4.69) is 5.32 Å². The number of ether oxygens (including phenoxy) is 2. The summed E-state index contributed by atoms with van der Waals surface area (Å²) in [6, 6.07) is 5.31. The molecular weight excluding hydrogens is 348 g/mol. The van der Waals surface area contributed by atoms with Gasteiger partial charge in [-0.25, -0.2) is 4.79 Å². The zero-order valence-corrected chi connectivity index (χ0v) is 16.1. The molecule has 0 radical (unpaired) electrons. The third-order valence-corrected chi connectivity index (χ3v) is 5.17. The SMILES string of the molecule is CC1CC(C(=O)O)CN(C(=O)NC(c2ccc3c(c2)OCCO3)C(C)C)C1. The molecule has 0 spiro atoms. The predicted octanol–water partition coefficient (Wildman–Crippen LogP) is 2.91. The highest BCUT2D eigenvalue weighted by atomic mass is 16.6. The van der Waals surface area contributed by atoms with Gasteiger partial charge < -0.3 is 24.8 Å². The van der Waals surface area contributed by atoms with Gasteiger partial charge in [-0.3, -0.25) is 4.79 Å². The van der Waals surface area contributed by atoms with E-state index < -0.39 is 11.9 Å². The summed E-state index contributed by atoms with van der Waals surface area (Å²) in [5.41, 5.74) is 0.947. The number of carboxylic acids is 1. The van der Waals surface area contributed by atoms with Gasteiger partial charge in [0.15, 0.2) is 11.5 Å². The van der Waals surface area contributed by atoms with Crippen LogP contribution in [0.3, 0.4) is 0 Å². The molecule has 2 aliphatic rings. The maximum absolute atomic E-state index is 12.9. The van der Waals surface area contributed by atoms with Crippen molar-refractivity contribution in [1.29, 1.82) is 0 Å². The smallest absolute Gasteiger partial charge is 0.317 e. The molecule has 148 valence electrons. The third kappa shape index (κ3) is 4.46. The van der Waals surface area contributed by atoms with E-state index in [9.17, 15) is 14.7 Å². The Morgan fingerprint density at radius 2 is 1.89 bits per heavy atom. The van der Waals surface area contributed by atoms with Crippen molar-refractivity contribution in [1.82, 2.24) is 10.2 Å². The summed E-state index contributed by atoms with van der Waals surface area (Å²) in [6.07, 6.45) is 0.606. The molecular formula is C20H28N2O5. The number of hydrogen-bond donors (Lipinski definition) is 2. The molecule has 0 aromatic heterocycles. The zero-order valence-electron chi connectivity index (χ0n) is 16.1. The number of piperidine rings is 1. The van der Waals surface area contributed by atoms with Crippen molar-refractivity contribution in [3.63, 3.8) is 0 Å². The number of benzene rings is 1. The molecule has 7 nitrogen and oxygen atoms in total. The Bertz CT molecular complexity index is 706. The van der Waals surface area contributed by atoms with Crippen molar-refractivity contribution in [2.75, 3.05) is 26.3 Å². The molecule has 1 aromatic rings. The molecule has 1 fully saturated rings. The number of carboxylic acid groups (broad SMARTS) is 1. The first-order valence-electron chi connectivity index (χ1n) is 9.53. The molecule has 7 heteroatoms. The lowest BCUT2D eigenvalue weighted by Gasteiger charge is -2.36. The van der Waals surface area contributed by atoms with E-state index in [0.717, 1.165) is 5.56 Å². The number of nitrogens with one attached hydrogen (secondary N) is 1. The molecule has 27 heavy (non-hydrogen) atoms. The molecule has 2 aliphatic heterocycles. The Balaban J connectivity index is 1.74. The summed E-state index contributed by atoms with van der Waals surface area (Å²) < 4.78 is 11.2. The number of rotatable bonds is 4. The van der Waals surface area contributed by atoms with Crippen LogP contribution in [-0.2, 0) is 4.79 Å². The standard InChI is InChI=1S/C20H28N2O5/c1-12(2)18(14-4-5-16-17(9-14)27-7-6-26-16)21-20(25)22-10-13(3)8-15(11-22)19(23)24/h4-5,9,12-13,15,18H,6-8,10-11H2,1-3H3,(H,21,25)(H,23,24).